The highest BCUT2D eigenvalue weighted by Gasteiger charge is 2.22. The molecule has 0 amide bonds. The summed E-state index contributed by atoms with van der Waals surface area (Å²) in [5.74, 6) is -2.87. The second-order valence-electron chi connectivity index (χ2n) is 3.55. The van der Waals surface area contributed by atoms with E-state index in [0.717, 1.165) is 18.4 Å². The largest absolute Gasteiger partial charge is 0.476 e. The van der Waals surface area contributed by atoms with E-state index in [1.807, 2.05) is 0 Å². The van der Waals surface area contributed by atoms with Gasteiger partial charge in [-0.15, -0.1) is 11.3 Å². The van der Waals surface area contributed by atoms with Crippen molar-refractivity contribution in [3.8, 4) is 0 Å². The highest BCUT2D eigenvalue weighted by molar-refractivity contribution is 7.90. The summed E-state index contributed by atoms with van der Waals surface area (Å²) < 4.78 is 29.6. The molecule has 19 heavy (non-hydrogen) atoms. The molecule has 0 radical (unpaired) electrons. The Bertz CT molecular complexity index is 579. The van der Waals surface area contributed by atoms with Gasteiger partial charge < -0.3 is 9.84 Å². The van der Waals surface area contributed by atoms with Crippen molar-refractivity contribution in [2.45, 2.75) is 13.0 Å². The van der Waals surface area contributed by atoms with Gasteiger partial charge in [0.05, 0.1) is 13.2 Å². The van der Waals surface area contributed by atoms with Crippen LogP contribution < -0.4 is 4.72 Å². The Morgan fingerprint density at radius 2 is 2.21 bits per heavy atom. The lowest BCUT2D eigenvalue weighted by Gasteiger charge is -2.10. The monoisotopic (exact) mass is 308 g/mol. The van der Waals surface area contributed by atoms with Crippen molar-refractivity contribution in [1.82, 2.24) is 9.71 Å². The lowest BCUT2D eigenvalue weighted by molar-refractivity contribution is -0.137. The topological polar surface area (TPSA) is 123 Å². The van der Waals surface area contributed by atoms with Crippen molar-refractivity contribution in [2.75, 3.05) is 12.9 Å². The molecule has 2 N–H and O–H groups in total. The average Bonchev–Trinajstić information content (AvgIpc) is 2.76. The van der Waals surface area contributed by atoms with Gasteiger partial charge in [-0.25, -0.2) is 22.9 Å². The van der Waals surface area contributed by atoms with Gasteiger partial charge in [0.2, 0.25) is 10.0 Å². The molecule has 1 heterocycles. The summed E-state index contributed by atoms with van der Waals surface area (Å²) >= 11 is 1.02. The lowest BCUT2D eigenvalue weighted by Crippen LogP contribution is -2.32. The van der Waals surface area contributed by atoms with Crippen molar-refractivity contribution in [3.05, 3.63) is 16.1 Å². The Morgan fingerprint density at radius 3 is 2.68 bits per heavy atom. The first kappa shape index (κ1) is 15.5. The number of carboxylic acid groups (broad SMARTS) is 1. The molecule has 0 aliphatic carbocycles. The summed E-state index contributed by atoms with van der Waals surface area (Å²) in [5, 5.41) is 10.3. The quantitative estimate of drug-likeness (QED) is 0.709. The number of carbonyl (C=O) groups excluding carboxylic acids is 1. The summed E-state index contributed by atoms with van der Waals surface area (Å²) in [4.78, 5) is 25.3. The first-order valence-electron chi connectivity index (χ1n) is 5.00. The summed E-state index contributed by atoms with van der Waals surface area (Å²) in [6.45, 7) is 1.50. The normalized spacial score (nSPS) is 12.9. The highest BCUT2D eigenvalue weighted by Crippen LogP contribution is 2.18. The molecular formula is C9H12N2O6S2. The van der Waals surface area contributed by atoms with Gasteiger partial charge in [0.25, 0.3) is 0 Å². The fourth-order valence-corrected chi connectivity index (χ4v) is 3.20. The minimum absolute atomic E-state index is 0.154. The van der Waals surface area contributed by atoms with Gasteiger partial charge >= 0.3 is 11.9 Å². The van der Waals surface area contributed by atoms with E-state index in [1.54, 1.807) is 0 Å². The number of carbonyl (C=O) groups is 2. The van der Waals surface area contributed by atoms with Gasteiger partial charge in [0, 0.05) is 5.38 Å². The molecule has 0 aliphatic heterocycles. The third-order valence-electron chi connectivity index (χ3n) is 2.00. The molecule has 106 valence electrons. The van der Waals surface area contributed by atoms with Gasteiger partial charge in [-0.1, -0.05) is 0 Å². The summed E-state index contributed by atoms with van der Waals surface area (Å²) in [5.41, 5.74) is -0.154. The van der Waals surface area contributed by atoms with E-state index in [4.69, 9.17) is 5.11 Å². The summed E-state index contributed by atoms with van der Waals surface area (Å²) in [7, 11) is -2.77. The van der Waals surface area contributed by atoms with Gasteiger partial charge in [0.1, 0.15) is 5.01 Å². The maximum Gasteiger partial charge on any atom is 0.355 e. The third-order valence-corrected chi connectivity index (χ3v) is 4.36. The maximum atomic E-state index is 11.6. The Morgan fingerprint density at radius 1 is 1.58 bits per heavy atom. The third kappa shape index (κ3) is 4.58. The van der Waals surface area contributed by atoms with Crippen LogP contribution in [0, 0.1) is 0 Å². The number of thiazole rings is 1. The van der Waals surface area contributed by atoms with Crippen molar-refractivity contribution >= 4 is 33.3 Å². The molecule has 8 nitrogen and oxygen atoms in total. The molecule has 10 heteroatoms. The van der Waals surface area contributed by atoms with Crippen LogP contribution in [-0.4, -0.2) is 43.3 Å². The van der Waals surface area contributed by atoms with E-state index in [0.29, 0.717) is 5.01 Å². The molecule has 1 aromatic rings. The van der Waals surface area contributed by atoms with E-state index in [2.05, 4.69) is 14.4 Å². The molecular weight excluding hydrogens is 296 g/mol. The lowest BCUT2D eigenvalue weighted by atomic mass is 10.4. The number of rotatable bonds is 6. The molecule has 1 rings (SSSR count). The molecule has 1 atom stereocenters. The van der Waals surface area contributed by atoms with Crippen molar-refractivity contribution < 1.29 is 27.9 Å². The van der Waals surface area contributed by atoms with Gasteiger partial charge in [-0.3, -0.25) is 4.79 Å². The molecule has 0 saturated carbocycles. The molecule has 0 aliphatic rings. The molecule has 1 unspecified atom stereocenters. The minimum atomic E-state index is -3.86. The number of esters is 1. The Labute approximate surface area is 113 Å². The Kier molecular flexibility index (Phi) is 4.97. The smallest absolute Gasteiger partial charge is 0.355 e. The van der Waals surface area contributed by atoms with Crippen LogP contribution >= 0.6 is 11.3 Å². The standard InChI is InChI=1S/C9H12N2O6S2/c1-5(8-10-6(3-18-8)9(13)14)11-19(15,16)4-7(12)17-2/h3,5,11H,4H2,1-2H3,(H,13,14). The van der Waals surface area contributed by atoms with Crippen LogP contribution in [0.2, 0.25) is 0 Å². The molecule has 0 fully saturated rings. The number of methoxy groups -OCH3 is 1. The van der Waals surface area contributed by atoms with Crippen LogP contribution in [0.15, 0.2) is 5.38 Å². The van der Waals surface area contributed by atoms with E-state index in [-0.39, 0.29) is 5.69 Å². The molecule has 1 aromatic heterocycles. The van der Waals surface area contributed by atoms with Crippen molar-refractivity contribution in [1.29, 1.82) is 0 Å². The van der Waals surface area contributed by atoms with Crippen LogP contribution in [0.4, 0.5) is 0 Å². The number of hydrogen-bond acceptors (Lipinski definition) is 7. The number of aromatic carboxylic acids is 1. The SMILES string of the molecule is COC(=O)CS(=O)(=O)NC(C)c1nc(C(=O)O)cs1. The van der Waals surface area contributed by atoms with Crippen LogP contribution in [0.3, 0.4) is 0 Å². The van der Waals surface area contributed by atoms with Crippen molar-refractivity contribution in [2.24, 2.45) is 0 Å². The van der Waals surface area contributed by atoms with E-state index in [1.165, 1.54) is 12.3 Å². The Balaban J connectivity index is 2.75. The first-order valence-corrected chi connectivity index (χ1v) is 7.54. The first-order chi connectivity index (χ1) is 8.75. The van der Waals surface area contributed by atoms with E-state index in [9.17, 15) is 18.0 Å². The number of sulfonamides is 1. The van der Waals surface area contributed by atoms with Gasteiger partial charge in [0.15, 0.2) is 11.4 Å². The van der Waals surface area contributed by atoms with Crippen LogP contribution in [-0.2, 0) is 19.6 Å². The molecule has 0 bridgehead atoms. The van der Waals surface area contributed by atoms with Crippen molar-refractivity contribution in [3.63, 3.8) is 0 Å². The van der Waals surface area contributed by atoms with Crippen LogP contribution in [0.5, 0.6) is 0 Å². The number of carboxylic acids is 1. The number of hydrogen-bond donors (Lipinski definition) is 2. The fraction of sp³-hybridized carbons (Fsp3) is 0.444. The zero-order valence-corrected chi connectivity index (χ0v) is 11.7. The van der Waals surface area contributed by atoms with Crippen LogP contribution in [0.1, 0.15) is 28.5 Å². The summed E-state index contributed by atoms with van der Waals surface area (Å²) in [6.07, 6.45) is 0. The number of ether oxygens (including phenoxy) is 1. The minimum Gasteiger partial charge on any atom is -0.476 e. The molecule has 0 saturated heterocycles. The highest BCUT2D eigenvalue weighted by atomic mass is 32.2. The number of aromatic nitrogens is 1. The fourth-order valence-electron chi connectivity index (χ4n) is 1.16. The predicted octanol–water partition coefficient (Wildman–Crippen LogP) is -0.00530. The average molecular weight is 308 g/mol. The molecule has 0 aromatic carbocycles. The maximum absolute atomic E-state index is 11.6. The second kappa shape index (κ2) is 6.08. The Hall–Kier alpha value is -1.52. The predicted molar refractivity (Wildman–Crippen MR) is 66.4 cm³/mol. The van der Waals surface area contributed by atoms with E-state index < -0.39 is 33.8 Å². The van der Waals surface area contributed by atoms with Gasteiger partial charge in [-0.05, 0) is 6.92 Å². The zero-order valence-electron chi connectivity index (χ0n) is 10.1. The van der Waals surface area contributed by atoms with Gasteiger partial charge in [-0.2, -0.15) is 0 Å². The van der Waals surface area contributed by atoms with Crippen LogP contribution in [0.25, 0.3) is 0 Å². The number of nitrogens with zero attached hydrogens (tertiary/aromatic N) is 1. The second-order valence-corrected chi connectivity index (χ2v) is 6.19. The summed E-state index contributed by atoms with van der Waals surface area (Å²) in [6, 6.07) is -0.729. The number of nitrogens with one attached hydrogen (secondary N) is 1. The van der Waals surface area contributed by atoms with E-state index >= 15 is 0 Å². The molecule has 0 spiro atoms. The zero-order chi connectivity index (χ0) is 14.6.